The largest absolute Gasteiger partial charge is 0.497 e. The van der Waals surface area contributed by atoms with Crippen LogP contribution in [0.3, 0.4) is 0 Å². The number of halogens is 1. The van der Waals surface area contributed by atoms with Gasteiger partial charge in [-0.3, -0.25) is 4.79 Å². The third-order valence-corrected chi connectivity index (χ3v) is 5.97. The van der Waals surface area contributed by atoms with Gasteiger partial charge in [-0.2, -0.15) is 0 Å². The predicted molar refractivity (Wildman–Crippen MR) is 77.8 cm³/mol. The van der Waals surface area contributed by atoms with Crippen molar-refractivity contribution in [3.63, 3.8) is 0 Å². The molecule has 0 radical (unpaired) electrons. The molecule has 21 heavy (non-hydrogen) atoms. The number of benzene rings is 1. The van der Waals surface area contributed by atoms with E-state index < -0.39 is 5.82 Å². The quantitative estimate of drug-likeness (QED) is 0.783. The van der Waals surface area contributed by atoms with Crippen molar-refractivity contribution in [2.24, 2.45) is 29.6 Å². The molecule has 0 spiro atoms. The number of carbonyl (C=O) groups excluding carboxylic acids is 1. The van der Waals surface area contributed by atoms with Crippen LogP contribution >= 0.6 is 0 Å². The second-order valence-electron chi connectivity index (χ2n) is 7.17. The maximum absolute atomic E-state index is 14.2. The molecule has 2 nitrogen and oxygen atoms in total. The third kappa shape index (κ3) is 2.09. The summed E-state index contributed by atoms with van der Waals surface area (Å²) >= 11 is 0. The van der Waals surface area contributed by atoms with Crippen LogP contribution in [0.4, 0.5) is 4.39 Å². The standard InChI is InChI=1S/C18H21FO2/c1-21-14-2-3-15(16(19)9-14)18(20)17-12-5-10-4-11(7-12)8-13(17)6-10/h2-3,9-13,17H,4-8H2,1H3. The normalized spacial score (nSPS) is 36.8. The van der Waals surface area contributed by atoms with Crippen molar-refractivity contribution in [3.05, 3.63) is 29.6 Å². The zero-order valence-electron chi connectivity index (χ0n) is 12.3. The molecule has 0 aliphatic heterocycles. The lowest BCUT2D eigenvalue weighted by molar-refractivity contribution is -0.0252. The van der Waals surface area contributed by atoms with Gasteiger partial charge in [0, 0.05) is 12.0 Å². The highest BCUT2D eigenvalue weighted by atomic mass is 19.1. The fourth-order valence-electron chi connectivity index (χ4n) is 5.36. The number of ether oxygens (including phenoxy) is 1. The van der Waals surface area contributed by atoms with Crippen molar-refractivity contribution in [2.75, 3.05) is 7.11 Å². The van der Waals surface area contributed by atoms with E-state index in [0.717, 1.165) is 11.8 Å². The summed E-state index contributed by atoms with van der Waals surface area (Å²) < 4.78 is 19.2. The molecular weight excluding hydrogens is 267 g/mol. The van der Waals surface area contributed by atoms with Gasteiger partial charge in [0.15, 0.2) is 5.78 Å². The summed E-state index contributed by atoms with van der Waals surface area (Å²) in [4.78, 5) is 12.9. The van der Waals surface area contributed by atoms with Gasteiger partial charge in [-0.25, -0.2) is 4.39 Å². The van der Waals surface area contributed by atoms with Crippen LogP contribution in [-0.4, -0.2) is 12.9 Å². The monoisotopic (exact) mass is 288 g/mol. The van der Waals surface area contributed by atoms with E-state index in [1.165, 1.54) is 45.3 Å². The second-order valence-corrected chi connectivity index (χ2v) is 7.17. The minimum absolute atomic E-state index is 0.0314. The van der Waals surface area contributed by atoms with Crippen LogP contribution < -0.4 is 4.74 Å². The molecule has 4 saturated carbocycles. The molecule has 0 aromatic heterocycles. The molecule has 4 aliphatic rings. The Labute approximate surface area is 124 Å². The first-order valence-corrected chi connectivity index (χ1v) is 8.03. The van der Waals surface area contributed by atoms with E-state index in [0.29, 0.717) is 17.6 Å². The van der Waals surface area contributed by atoms with Gasteiger partial charge in [0.25, 0.3) is 0 Å². The van der Waals surface area contributed by atoms with Crippen LogP contribution in [-0.2, 0) is 0 Å². The molecule has 5 rings (SSSR count). The van der Waals surface area contributed by atoms with Gasteiger partial charge in [-0.05, 0) is 67.9 Å². The van der Waals surface area contributed by atoms with Crippen LogP contribution in [0, 0.1) is 35.4 Å². The summed E-state index contributed by atoms with van der Waals surface area (Å²) in [5.41, 5.74) is 0.258. The molecule has 0 heterocycles. The lowest BCUT2D eigenvalue weighted by Gasteiger charge is -2.53. The maximum Gasteiger partial charge on any atom is 0.169 e. The van der Waals surface area contributed by atoms with Crippen LogP contribution in [0.25, 0.3) is 0 Å². The fraction of sp³-hybridized carbons (Fsp3) is 0.611. The Kier molecular flexibility index (Phi) is 3.05. The van der Waals surface area contributed by atoms with Gasteiger partial charge in [-0.15, -0.1) is 0 Å². The number of Topliss-reactive ketones (excluding diaryl/α,β-unsaturated/α-hetero) is 1. The summed E-state index contributed by atoms with van der Waals surface area (Å²) in [6, 6.07) is 4.61. The highest BCUT2D eigenvalue weighted by molar-refractivity contribution is 5.98. The molecule has 4 aliphatic carbocycles. The minimum atomic E-state index is -0.437. The lowest BCUT2D eigenvalue weighted by atomic mass is 9.51. The van der Waals surface area contributed by atoms with Crippen LogP contribution in [0.5, 0.6) is 5.75 Å². The summed E-state index contributed by atoms with van der Waals surface area (Å²) in [5, 5.41) is 0. The van der Waals surface area contributed by atoms with E-state index >= 15 is 0 Å². The molecule has 0 saturated heterocycles. The highest BCUT2D eigenvalue weighted by Crippen LogP contribution is 2.57. The molecule has 4 fully saturated rings. The van der Waals surface area contributed by atoms with Crippen LogP contribution in [0.1, 0.15) is 42.5 Å². The van der Waals surface area contributed by atoms with E-state index in [1.54, 1.807) is 12.1 Å². The summed E-state index contributed by atoms with van der Waals surface area (Å²) in [5.74, 6) is 2.77. The minimum Gasteiger partial charge on any atom is -0.497 e. The first-order chi connectivity index (χ1) is 10.2. The average Bonchev–Trinajstić information content (AvgIpc) is 2.45. The van der Waals surface area contributed by atoms with Gasteiger partial charge in [0.05, 0.1) is 12.7 Å². The Morgan fingerprint density at radius 2 is 1.71 bits per heavy atom. The Bertz CT molecular complexity index is 553. The van der Waals surface area contributed by atoms with Crippen LogP contribution in [0.15, 0.2) is 18.2 Å². The Hall–Kier alpha value is -1.38. The molecule has 0 atom stereocenters. The molecule has 4 bridgehead atoms. The van der Waals surface area contributed by atoms with Crippen molar-refractivity contribution in [1.29, 1.82) is 0 Å². The van der Waals surface area contributed by atoms with Gasteiger partial charge in [-0.1, -0.05) is 0 Å². The SMILES string of the molecule is COc1ccc(C(=O)C2C3CC4CC(C3)CC2C4)c(F)c1. The molecule has 1 aromatic carbocycles. The first kappa shape index (κ1) is 13.3. The van der Waals surface area contributed by atoms with Crippen molar-refractivity contribution in [3.8, 4) is 5.75 Å². The van der Waals surface area contributed by atoms with Gasteiger partial charge >= 0.3 is 0 Å². The van der Waals surface area contributed by atoms with E-state index in [-0.39, 0.29) is 17.3 Å². The van der Waals surface area contributed by atoms with Gasteiger partial charge in [0.2, 0.25) is 0 Å². The molecule has 112 valence electrons. The molecule has 3 heteroatoms. The number of hydrogen-bond donors (Lipinski definition) is 0. The molecule has 0 N–H and O–H groups in total. The zero-order valence-corrected chi connectivity index (χ0v) is 12.3. The Morgan fingerprint density at radius 1 is 1.10 bits per heavy atom. The Balaban J connectivity index is 1.63. The zero-order chi connectivity index (χ0) is 14.6. The number of hydrogen-bond acceptors (Lipinski definition) is 2. The predicted octanol–water partition coefficient (Wildman–Crippen LogP) is 4.09. The molecule has 1 aromatic rings. The lowest BCUT2D eigenvalue weighted by Crippen LogP contribution is -2.48. The Morgan fingerprint density at radius 3 is 2.24 bits per heavy atom. The van der Waals surface area contributed by atoms with Crippen molar-refractivity contribution in [1.82, 2.24) is 0 Å². The van der Waals surface area contributed by atoms with Gasteiger partial charge < -0.3 is 4.74 Å². The maximum atomic E-state index is 14.2. The van der Waals surface area contributed by atoms with Crippen LogP contribution in [0.2, 0.25) is 0 Å². The number of rotatable bonds is 3. The molecule has 0 unspecified atom stereocenters. The van der Waals surface area contributed by atoms with Crippen molar-refractivity contribution < 1.29 is 13.9 Å². The van der Waals surface area contributed by atoms with E-state index in [2.05, 4.69) is 0 Å². The molecule has 0 amide bonds. The van der Waals surface area contributed by atoms with E-state index in [4.69, 9.17) is 4.74 Å². The fourth-order valence-corrected chi connectivity index (χ4v) is 5.36. The summed E-state index contributed by atoms with van der Waals surface area (Å²) in [6.45, 7) is 0. The van der Waals surface area contributed by atoms with Crippen molar-refractivity contribution in [2.45, 2.75) is 32.1 Å². The second kappa shape index (κ2) is 4.82. The topological polar surface area (TPSA) is 26.3 Å². The van der Waals surface area contributed by atoms with E-state index in [9.17, 15) is 9.18 Å². The van der Waals surface area contributed by atoms with E-state index in [1.807, 2.05) is 0 Å². The summed E-state index contributed by atoms with van der Waals surface area (Å²) in [6.07, 6.45) is 6.09. The highest BCUT2D eigenvalue weighted by Gasteiger charge is 2.50. The molecular formula is C18H21FO2. The third-order valence-electron chi connectivity index (χ3n) is 5.97. The first-order valence-electron chi connectivity index (χ1n) is 8.03. The number of carbonyl (C=O) groups is 1. The summed E-state index contributed by atoms with van der Waals surface area (Å²) in [7, 11) is 1.51. The smallest absolute Gasteiger partial charge is 0.169 e. The van der Waals surface area contributed by atoms with Gasteiger partial charge in [0.1, 0.15) is 11.6 Å². The van der Waals surface area contributed by atoms with Crippen molar-refractivity contribution >= 4 is 5.78 Å². The number of methoxy groups -OCH3 is 1. The number of ketones is 1. The average molecular weight is 288 g/mol.